The van der Waals surface area contributed by atoms with Gasteiger partial charge >= 0.3 is 0 Å². The Bertz CT molecular complexity index is 375. The first-order valence-corrected chi connectivity index (χ1v) is 7.78. The van der Waals surface area contributed by atoms with E-state index in [2.05, 4.69) is 19.0 Å². The molecule has 0 bridgehead atoms. The van der Waals surface area contributed by atoms with Crippen molar-refractivity contribution in [3.8, 4) is 0 Å². The molecule has 0 aliphatic heterocycles. The first kappa shape index (κ1) is 15.3. The van der Waals surface area contributed by atoms with Gasteiger partial charge in [-0.2, -0.15) is 0 Å². The molecule has 114 valence electrons. The molecule has 5 nitrogen and oxygen atoms in total. The minimum Gasteiger partial charge on any atom is -0.411 e. The molecule has 2 rings (SSSR count). The highest BCUT2D eigenvalue weighted by Crippen LogP contribution is 2.48. The quantitative estimate of drug-likeness (QED) is 0.485. The zero-order valence-corrected chi connectivity index (χ0v) is 12.5. The zero-order valence-electron chi connectivity index (χ0n) is 12.5. The highest BCUT2D eigenvalue weighted by atomic mass is 16.6. The molecule has 0 amide bonds. The van der Waals surface area contributed by atoms with Crippen molar-refractivity contribution in [1.29, 1.82) is 0 Å². The molecular weight excluding hydrogens is 256 g/mol. The maximum absolute atomic E-state index is 10.9. The fraction of sp³-hybridized carbons (Fsp3) is 0.933. The summed E-state index contributed by atoms with van der Waals surface area (Å²) in [5, 5.41) is 23.0. The summed E-state index contributed by atoms with van der Waals surface area (Å²) in [5.74, 6) is 1.24. The number of hydrogen-bond acceptors (Lipinski definition) is 4. The lowest BCUT2D eigenvalue weighted by Crippen LogP contribution is -2.39. The normalized spacial score (nSPS) is 31.9. The van der Waals surface area contributed by atoms with E-state index in [-0.39, 0.29) is 16.4 Å². The Morgan fingerprint density at radius 1 is 1.10 bits per heavy atom. The van der Waals surface area contributed by atoms with Crippen molar-refractivity contribution in [1.82, 2.24) is 0 Å². The maximum atomic E-state index is 10.9. The number of nitrogens with zero attached hydrogens (tertiary/aromatic N) is 2. The largest absolute Gasteiger partial charge is 0.411 e. The Morgan fingerprint density at radius 3 is 2.05 bits per heavy atom. The van der Waals surface area contributed by atoms with E-state index in [1.165, 1.54) is 0 Å². The SMILES string of the molecule is CC(C)(C1CCC(=NO)CC1)C1CCC([N+](=O)[O-])CC1. The summed E-state index contributed by atoms with van der Waals surface area (Å²) in [4.78, 5) is 10.7. The highest BCUT2D eigenvalue weighted by molar-refractivity contribution is 5.84. The Hall–Kier alpha value is -1.13. The summed E-state index contributed by atoms with van der Waals surface area (Å²) in [6.45, 7) is 4.66. The van der Waals surface area contributed by atoms with Crippen LogP contribution in [0.5, 0.6) is 0 Å². The van der Waals surface area contributed by atoms with Crippen LogP contribution in [0.15, 0.2) is 5.16 Å². The minimum atomic E-state index is -0.318. The second-order valence-corrected chi connectivity index (χ2v) is 7.05. The average molecular weight is 282 g/mol. The number of oxime groups is 1. The Morgan fingerprint density at radius 2 is 1.60 bits per heavy atom. The van der Waals surface area contributed by atoms with Gasteiger partial charge in [-0.1, -0.05) is 19.0 Å². The lowest BCUT2D eigenvalue weighted by atomic mass is 9.60. The molecule has 20 heavy (non-hydrogen) atoms. The maximum Gasteiger partial charge on any atom is 0.213 e. The van der Waals surface area contributed by atoms with Gasteiger partial charge in [-0.05, 0) is 55.8 Å². The van der Waals surface area contributed by atoms with Gasteiger partial charge in [0.2, 0.25) is 6.04 Å². The summed E-state index contributed by atoms with van der Waals surface area (Å²) < 4.78 is 0. The molecule has 0 spiro atoms. The van der Waals surface area contributed by atoms with Crippen LogP contribution in [0.2, 0.25) is 0 Å². The smallest absolute Gasteiger partial charge is 0.213 e. The van der Waals surface area contributed by atoms with Crippen LogP contribution in [0.1, 0.15) is 65.2 Å². The molecule has 0 unspecified atom stereocenters. The van der Waals surface area contributed by atoms with Crippen LogP contribution in [0.4, 0.5) is 0 Å². The van der Waals surface area contributed by atoms with Crippen molar-refractivity contribution in [3.63, 3.8) is 0 Å². The van der Waals surface area contributed by atoms with Crippen molar-refractivity contribution >= 4 is 5.71 Å². The first-order valence-electron chi connectivity index (χ1n) is 7.78. The molecule has 2 fully saturated rings. The van der Waals surface area contributed by atoms with E-state index in [4.69, 9.17) is 5.21 Å². The van der Waals surface area contributed by atoms with Gasteiger partial charge in [-0.3, -0.25) is 10.1 Å². The second-order valence-electron chi connectivity index (χ2n) is 7.05. The van der Waals surface area contributed by atoms with Gasteiger partial charge < -0.3 is 5.21 Å². The third-order valence-corrected chi connectivity index (χ3v) is 5.80. The zero-order chi connectivity index (χ0) is 14.8. The number of hydrogen-bond donors (Lipinski definition) is 1. The molecule has 2 saturated carbocycles. The molecule has 1 N–H and O–H groups in total. The van der Waals surface area contributed by atoms with Crippen LogP contribution in [0.25, 0.3) is 0 Å². The van der Waals surface area contributed by atoms with E-state index in [9.17, 15) is 10.1 Å². The van der Waals surface area contributed by atoms with Crippen molar-refractivity contribution in [2.75, 3.05) is 0 Å². The van der Waals surface area contributed by atoms with Crippen molar-refractivity contribution in [2.24, 2.45) is 22.4 Å². The van der Waals surface area contributed by atoms with Crippen LogP contribution in [0.3, 0.4) is 0 Å². The van der Waals surface area contributed by atoms with E-state index in [1.54, 1.807) is 0 Å². The van der Waals surface area contributed by atoms with E-state index >= 15 is 0 Å². The van der Waals surface area contributed by atoms with Gasteiger partial charge in [0.1, 0.15) is 0 Å². The molecule has 0 aromatic rings. The van der Waals surface area contributed by atoms with Gasteiger partial charge in [0.15, 0.2) is 0 Å². The number of nitro groups is 1. The number of rotatable bonds is 3. The van der Waals surface area contributed by atoms with Gasteiger partial charge in [-0.25, -0.2) is 0 Å². The van der Waals surface area contributed by atoms with E-state index in [1.807, 2.05) is 0 Å². The van der Waals surface area contributed by atoms with Crippen LogP contribution in [-0.4, -0.2) is 21.9 Å². The van der Waals surface area contributed by atoms with E-state index in [0.29, 0.717) is 11.8 Å². The first-order chi connectivity index (χ1) is 9.45. The summed E-state index contributed by atoms with van der Waals surface area (Å²) in [7, 11) is 0. The average Bonchev–Trinajstić information content (AvgIpc) is 2.47. The van der Waals surface area contributed by atoms with Gasteiger partial charge in [-0.15, -0.1) is 0 Å². The van der Waals surface area contributed by atoms with E-state index < -0.39 is 0 Å². The topological polar surface area (TPSA) is 75.7 Å². The monoisotopic (exact) mass is 282 g/mol. The highest BCUT2D eigenvalue weighted by Gasteiger charge is 2.41. The molecule has 0 atom stereocenters. The molecule has 2 aliphatic carbocycles. The lowest BCUT2D eigenvalue weighted by Gasteiger charge is -2.45. The predicted molar refractivity (Wildman–Crippen MR) is 77.7 cm³/mol. The second kappa shape index (κ2) is 6.10. The molecule has 0 aromatic heterocycles. The third kappa shape index (κ3) is 3.13. The fourth-order valence-electron chi connectivity index (χ4n) is 4.16. The summed E-state index contributed by atoms with van der Waals surface area (Å²) >= 11 is 0. The predicted octanol–water partition coefficient (Wildman–Crippen LogP) is 3.87. The van der Waals surface area contributed by atoms with Crippen molar-refractivity contribution < 1.29 is 10.1 Å². The standard InChI is InChI=1S/C15H26N2O3/c1-15(2,11-3-7-13(16-18)8-4-11)12-5-9-14(10-6-12)17(19)20/h11-12,14,18H,3-10H2,1-2H3. The van der Waals surface area contributed by atoms with Gasteiger partial charge in [0, 0.05) is 17.8 Å². The molecule has 0 aromatic carbocycles. The fourth-order valence-corrected chi connectivity index (χ4v) is 4.16. The molecule has 0 radical (unpaired) electrons. The lowest BCUT2D eigenvalue weighted by molar-refractivity contribution is -0.527. The summed E-state index contributed by atoms with van der Waals surface area (Å²) in [6, 6.07) is -0.318. The van der Waals surface area contributed by atoms with Crippen molar-refractivity contribution in [2.45, 2.75) is 71.3 Å². The molecule has 5 heteroatoms. The summed E-state index contributed by atoms with van der Waals surface area (Å²) in [5.41, 5.74) is 1.16. The molecule has 0 heterocycles. The summed E-state index contributed by atoms with van der Waals surface area (Å²) in [6.07, 6.45) is 7.40. The van der Waals surface area contributed by atoms with Crippen LogP contribution >= 0.6 is 0 Å². The molecular formula is C15H26N2O3. The Kier molecular flexibility index (Phi) is 4.66. The van der Waals surface area contributed by atoms with Crippen LogP contribution in [-0.2, 0) is 0 Å². The molecule has 2 aliphatic rings. The molecule has 0 saturated heterocycles. The third-order valence-electron chi connectivity index (χ3n) is 5.80. The van der Waals surface area contributed by atoms with E-state index in [0.717, 1.165) is 57.1 Å². The van der Waals surface area contributed by atoms with Gasteiger partial charge in [0.05, 0.1) is 5.71 Å². The Balaban J connectivity index is 1.92. The van der Waals surface area contributed by atoms with Crippen LogP contribution < -0.4 is 0 Å². The minimum absolute atomic E-state index is 0.103. The van der Waals surface area contributed by atoms with Crippen molar-refractivity contribution in [3.05, 3.63) is 10.1 Å². The van der Waals surface area contributed by atoms with Gasteiger partial charge in [0.25, 0.3) is 0 Å². The van der Waals surface area contributed by atoms with Crippen LogP contribution in [0, 0.1) is 27.4 Å². The Labute approximate surface area is 120 Å².